The van der Waals surface area contributed by atoms with Gasteiger partial charge >= 0.3 is 0 Å². The fourth-order valence-electron chi connectivity index (χ4n) is 4.20. The van der Waals surface area contributed by atoms with Gasteiger partial charge in [-0.15, -0.1) is 0 Å². The highest BCUT2D eigenvalue weighted by Crippen LogP contribution is 2.32. The Morgan fingerprint density at radius 1 is 1.11 bits per heavy atom. The minimum atomic E-state index is 0.109. The largest absolute Gasteiger partial charge is 0.493 e. The predicted molar refractivity (Wildman–Crippen MR) is 116 cm³/mol. The molecule has 5 nitrogen and oxygen atoms in total. The van der Waals surface area contributed by atoms with Gasteiger partial charge in [-0.05, 0) is 85.3 Å². The van der Waals surface area contributed by atoms with Crippen LogP contribution in [0.25, 0.3) is 0 Å². The van der Waals surface area contributed by atoms with E-state index < -0.39 is 0 Å². The topological polar surface area (TPSA) is 42.0 Å². The van der Waals surface area contributed by atoms with Gasteiger partial charge in [0.15, 0.2) is 11.5 Å². The maximum Gasteiger partial charge on any atom is 0.255 e. The van der Waals surface area contributed by atoms with E-state index in [1.807, 2.05) is 17.0 Å². The second-order valence-electron chi connectivity index (χ2n) is 7.93. The minimum Gasteiger partial charge on any atom is -0.493 e. The third-order valence-electron chi connectivity index (χ3n) is 5.90. The third kappa shape index (κ3) is 5.08. The van der Waals surface area contributed by atoms with E-state index in [2.05, 4.69) is 34.4 Å². The van der Waals surface area contributed by atoms with Crippen LogP contribution in [0.4, 0.5) is 0 Å². The number of piperidine rings is 2. The molecule has 6 heteroatoms. The average molecular weight is 486 g/mol. The van der Waals surface area contributed by atoms with Crippen molar-refractivity contribution in [3.05, 3.63) is 21.3 Å². The zero-order valence-corrected chi connectivity index (χ0v) is 18.8. The summed E-state index contributed by atoms with van der Waals surface area (Å²) in [6.45, 7) is 7.59. The molecule has 0 saturated carbocycles. The van der Waals surface area contributed by atoms with Crippen LogP contribution in [0, 0.1) is 15.4 Å². The molecule has 0 N–H and O–H groups in total. The number of ether oxygens (including phenoxy) is 2. The van der Waals surface area contributed by atoms with Gasteiger partial charge in [-0.1, -0.05) is 6.92 Å². The standard InChI is InChI=1S/C21H31IN2O3/c1-15-6-9-23(10-7-15)13-16-5-4-8-24(14-16)21(25)17-11-19(26-2)20(27-3)12-18(17)22/h11-12,15-16H,4-10,13-14H2,1-3H3. The quantitative estimate of drug-likeness (QED) is 0.593. The van der Waals surface area contributed by atoms with Gasteiger partial charge in [0.25, 0.3) is 5.91 Å². The maximum absolute atomic E-state index is 13.2. The van der Waals surface area contributed by atoms with Crippen molar-refractivity contribution in [2.45, 2.75) is 32.6 Å². The van der Waals surface area contributed by atoms with Crippen molar-refractivity contribution in [1.82, 2.24) is 9.80 Å². The van der Waals surface area contributed by atoms with E-state index in [0.717, 1.165) is 35.5 Å². The molecule has 1 atom stereocenters. The Bertz CT molecular complexity index is 659. The van der Waals surface area contributed by atoms with Crippen LogP contribution in [-0.2, 0) is 0 Å². The summed E-state index contributed by atoms with van der Waals surface area (Å²) < 4.78 is 11.6. The van der Waals surface area contributed by atoms with Crippen molar-refractivity contribution >= 4 is 28.5 Å². The monoisotopic (exact) mass is 486 g/mol. The smallest absolute Gasteiger partial charge is 0.255 e. The summed E-state index contributed by atoms with van der Waals surface area (Å²) in [5.74, 6) is 2.82. The lowest BCUT2D eigenvalue weighted by molar-refractivity contribution is 0.0621. The number of rotatable bonds is 5. The highest BCUT2D eigenvalue weighted by atomic mass is 127. The summed E-state index contributed by atoms with van der Waals surface area (Å²) in [5.41, 5.74) is 0.709. The second kappa shape index (κ2) is 9.45. The molecule has 1 amide bonds. The van der Waals surface area contributed by atoms with Crippen LogP contribution in [0.3, 0.4) is 0 Å². The van der Waals surface area contributed by atoms with Crippen LogP contribution in [0.1, 0.15) is 43.0 Å². The minimum absolute atomic E-state index is 0.109. The summed E-state index contributed by atoms with van der Waals surface area (Å²) >= 11 is 2.21. The first-order chi connectivity index (χ1) is 13.0. The van der Waals surface area contributed by atoms with Gasteiger partial charge in [-0.25, -0.2) is 0 Å². The van der Waals surface area contributed by atoms with Gasteiger partial charge in [-0.3, -0.25) is 4.79 Å². The zero-order valence-electron chi connectivity index (χ0n) is 16.7. The van der Waals surface area contributed by atoms with E-state index >= 15 is 0 Å². The van der Waals surface area contributed by atoms with Gasteiger partial charge in [0, 0.05) is 23.2 Å². The number of likely N-dealkylation sites (tertiary alicyclic amines) is 2. The van der Waals surface area contributed by atoms with Gasteiger partial charge in [0.05, 0.1) is 19.8 Å². The third-order valence-corrected chi connectivity index (χ3v) is 6.79. The fourth-order valence-corrected chi connectivity index (χ4v) is 4.87. The Balaban J connectivity index is 1.66. The van der Waals surface area contributed by atoms with Crippen molar-refractivity contribution in [2.75, 3.05) is 46.9 Å². The molecule has 27 heavy (non-hydrogen) atoms. The first-order valence-corrected chi connectivity index (χ1v) is 11.0. The van der Waals surface area contributed by atoms with Crippen LogP contribution >= 0.6 is 22.6 Å². The van der Waals surface area contributed by atoms with Crippen molar-refractivity contribution in [3.8, 4) is 11.5 Å². The average Bonchev–Trinajstić information content (AvgIpc) is 2.69. The van der Waals surface area contributed by atoms with Gasteiger partial charge in [0.1, 0.15) is 0 Å². The van der Waals surface area contributed by atoms with Crippen LogP contribution in [0.15, 0.2) is 12.1 Å². The molecule has 2 saturated heterocycles. The van der Waals surface area contributed by atoms with E-state index in [0.29, 0.717) is 23.0 Å². The van der Waals surface area contributed by atoms with Crippen molar-refractivity contribution < 1.29 is 14.3 Å². The lowest BCUT2D eigenvalue weighted by Gasteiger charge is -2.38. The first kappa shape index (κ1) is 20.7. The molecule has 0 radical (unpaired) electrons. The predicted octanol–water partition coefficient (Wildman–Crippen LogP) is 3.89. The highest BCUT2D eigenvalue weighted by Gasteiger charge is 2.28. The van der Waals surface area contributed by atoms with Crippen LogP contribution in [0.5, 0.6) is 11.5 Å². The molecule has 1 aromatic carbocycles. The molecule has 0 spiro atoms. The molecule has 2 aliphatic heterocycles. The lowest BCUT2D eigenvalue weighted by Crippen LogP contribution is -2.45. The normalized spacial score (nSPS) is 21.9. The number of amides is 1. The summed E-state index contributed by atoms with van der Waals surface area (Å²) in [6.07, 6.45) is 4.92. The molecule has 3 rings (SSSR count). The lowest BCUT2D eigenvalue weighted by atomic mass is 9.94. The van der Waals surface area contributed by atoms with Crippen molar-refractivity contribution in [3.63, 3.8) is 0 Å². The summed E-state index contributed by atoms with van der Waals surface area (Å²) in [4.78, 5) is 17.8. The number of hydrogen-bond acceptors (Lipinski definition) is 4. The Morgan fingerprint density at radius 3 is 2.44 bits per heavy atom. The van der Waals surface area contributed by atoms with Crippen molar-refractivity contribution in [1.29, 1.82) is 0 Å². The molecule has 2 heterocycles. The molecule has 1 aromatic rings. The van der Waals surface area contributed by atoms with Crippen LogP contribution in [0.2, 0.25) is 0 Å². The number of carbonyl (C=O) groups excluding carboxylic acids is 1. The van der Waals surface area contributed by atoms with E-state index in [-0.39, 0.29) is 5.91 Å². The molecule has 0 aliphatic carbocycles. The number of carbonyl (C=O) groups is 1. The van der Waals surface area contributed by atoms with E-state index in [9.17, 15) is 4.79 Å². The Labute approximate surface area is 176 Å². The van der Waals surface area contributed by atoms with Gasteiger partial charge < -0.3 is 19.3 Å². The van der Waals surface area contributed by atoms with Crippen LogP contribution < -0.4 is 9.47 Å². The summed E-state index contributed by atoms with van der Waals surface area (Å²) in [5, 5.41) is 0. The van der Waals surface area contributed by atoms with E-state index in [1.54, 1.807) is 14.2 Å². The maximum atomic E-state index is 13.2. The molecule has 2 aliphatic rings. The van der Waals surface area contributed by atoms with E-state index in [1.165, 1.54) is 32.4 Å². The molecular weight excluding hydrogens is 455 g/mol. The number of benzene rings is 1. The highest BCUT2D eigenvalue weighted by molar-refractivity contribution is 14.1. The molecule has 2 fully saturated rings. The molecule has 150 valence electrons. The molecular formula is C21H31IN2O3. The number of nitrogens with zero attached hydrogens (tertiary/aromatic N) is 2. The molecule has 1 unspecified atom stereocenters. The van der Waals surface area contributed by atoms with E-state index in [4.69, 9.17) is 9.47 Å². The molecule has 0 bridgehead atoms. The van der Waals surface area contributed by atoms with Crippen LogP contribution in [-0.4, -0.2) is 62.7 Å². The second-order valence-corrected chi connectivity index (χ2v) is 9.09. The Hall–Kier alpha value is -1.02. The zero-order chi connectivity index (χ0) is 19.4. The fraction of sp³-hybridized carbons (Fsp3) is 0.667. The summed E-state index contributed by atoms with van der Waals surface area (Å²) in [6, 6.07) is 3.70. The van der Waals surface area contributed by atoms with Gasteiger partial charge in [0.2, 0.25) is 0 Å². The Morgan fingerprint density at radius 2 is 1.78 bits per heavy atom. The first-order valence-electron chi connectivity index (χ1n) is 9.95. The number of hydrogen-bond donors (Lipinski definition) is 0. The SMILES string of the molecule is COc1cc(I)c(C(=O)N2CCCC(CN3CCC(C)CC3)C2)cc1OC. The number of methoxy groups -OCH3 is 2. The number of halogens is 1. The van der Waals surface area contributed by atoms with Gasteiger partial charge in [-0.2, -0.15) is 0 Å². The molecule has 0 aromatic heterocycles. The van der Waals surface area contributed by atoms with Crippen molar-refractivity contribution in [2.24, 2.45) is 11.8 Å². The Kier molecular flexibility index (Phi) is 7.25. The summed E-state index contributed by atoms with van der Waals surface area (Å²) in [7, 11) is 3.22.